The number of halogens is 2. The summed E-state index contributed by atoms with van der Waals surface area (Å²) < 4.78 is 40.1. The van der Waals surface area contributed by atoms with Crippen LogP contribution in [0.1, 0.15) is 61.8 Å². The summed E-state index contributed by atoms with van der Waals surface area (Å²) in [6.45, 7) is 4.61. The molecule has 4 fully saturated rings. The maximum absolute atomic E-state index is 15.4. The molecule has 4 aromatic heterocycles. The van der Waals surface area contributed by atoms with Crippen LogP contribution >= 0.6 is 0 Å². The number of amides is 3. The van der Waals surface area contributed by atoms with E-state index in [-0.39, 0.29) is 42.1 Å². The molecule has 2 aromatic carbocycles. The van der Waals surface area contributed by atoms with Gasteiger partial charge in [0, 0.05) is 101 Å². The van der Waals surface area contributed by atoms with Gasteiger partial charge in [-0.15, -0.1) is 0 Å². The molecule has 19 heteroatoms. The maximum atomic E-state index is 15.4. The van der Waals surface area contributed by atoms with Gasteiger partial charge in [-0.1, -0.05) is 30.3 Å². The number of nitrogens with one attached hydrogen (secondary N) is 2. The number of imide groups is 1. The van der Waals surface area contributed by atoms with Crippen LogP contribution in [0.5, 0.6) is 0 Å². The molecular weight excluding hydrogens is 873 g/mol. The molecule has 3 saturated heterocycles. The summed E-state index contributed by atoms with van der Waals surface area (Å²) in [4.78, 5) is 55.1. The van der Waals surface area contributed by atoms with Crippen molar-refractivity contribution in [2.75, 3.05) is 74.6 Å². The lowest BCUT2D eigenvalue weighted by molar-refractivity contribution is -0.142. The van der Waals surface area contributed by atoms with E-state index in [1.165, 1.54) is 12.1 Å². The number of aromatic nitrogens is 6. The van der Waals surface area contributed by atoms with E-state index in [9.17, 15) is 19.6 Å². The molecule has 1 aliphatic carbocycles. The van der Waals surface area contributed by atoms with Gasteiger partial charge in [0.1, 0.15) is 34.7 Å². The number of carbonyl (C=O) groups excluding carboxylic acids is 3. The van der Waals surface area contributed by atoms with E-state index in [0.29, 0.717) is 80.9 Å². The van der Waals surface area contributed by atoms with Crippen LogP contribution in [0.25, 0.3) is 28.0 Å². The fourth-order valence-electron chi connectivity index (χ4n) is 10.1. The van der Waals surface area contributed by atoms with Gasteiger partial charge in [-0.2, -0.15) is 15.5 Å². The zero-order chi connectivity index (χ0) is 46.9. The molecule has 3 aliphatic heterocycles. The van der Waals surface area contributed by atoms with Crippen LogP contribution in [-0.2, 0) is 19.1 Å². The number of anilines is 3. The van der Waals surface area contributed by atoms with Crippen molar-refractivity contribution in [1.82, 2.24) is 44.5 Å². The van der Waals surface area contributed by atoms with Crippen molar-refractivity contribution < 1.29 is 27.9 Å². The third kappa shape index (κ3) is 8.96. The van der Waals surface area contributed by atoms with Crippen molar-refractivity contribution in [3.8, 4) is 28.6 Å². The van der Waals surface area contributed by atoms with Gasteiger partial charge in [0.15, 0.2) is 17.7 Å². The third-order valence-electron chi connectivity index (χ3n) is 13.8. The second-order valence-electron chi connectivity index (χ2n) is 17.8. The summed E-state index contributed by atoms with van der Waals surface area (Å²) in [5.74, 6) is -1.53. The summed E-state index contributed by atoms with van der Waals surface area (Å²) >= 11 is 0. The monoisotopic (exact) mass is 923 g/mol. The number of rotatable bonds is 11. The Morgan fingerprint density at radius 2 is 1.56 bits per heavy atom. The van der Waals surface area contributed by atoms with E-state index in [0.717, 1.165) is 48.2 Å². The van der Waals surface area contributed by atoms with E-state index < -0.39 is 29.7 Å². The highest BCUT2D eigenvalue weighted by Crippen LogP contribution is 2.35. The third-order valence-corrected chi connectivity index (χ3v) is 13.8. The van der Waals surface area contributed by atoms with Crippen LogP contribution in [0, 0.1) is 23.0 Å². The van der Waals surface area contributed by atoms with Crippen LogP contribution in [0.15, 0.2) is 85.6 Å². The molecule has 0 bridgehead atoms. The lowest BCUT2D eigenvalue weighted by Gasteiger charge is -2.42. The highest BCUT2D eigenvalue weighted by atomic mass is 19.1. The Bertz CT molecular complexity index is 2840. The lowest BCUT2D eigenvalue weighted by Crippen LogP contribution is -2.51. The predicted octanol–water partition coefficient (Wildman–Crippen LogP) is 5.36. The van der Waals surface area contributed by atoms with Crippen molar-refractivity contribution in [1.29, 1.82) is 5.26 Å². The molecule has 10 rings (SSSR count). The van der Waals surface area contributed by atoms with Crippen LogP contribution in [0.4, 0.5) is 26.0 Å². The van der Waals surface area contributed by atoms with Crippen molar-refractivity contribution >= 4 is 40.4 Å². The number of nitriles is 1. The minimum atomic E-state index is -0.736. The van der Waals surface area contributed by atoms with E-state index in [2.05, 4.69) is 31.6 Å². The average Bonchev–Trinajstić information content (AvgIpc) is 4.04. The number of fused-ring (bicyclic) bond motifs is 1. The number of nitrogens with zero attached hydrogens (tertiary/aromatic N) is 11. The molecule has 7 heterocycles. The second kappa shape index (κ2) is 19.1. The number of hydrogen-bond donors (Lipinski definition) is 2. The second-order valence-corrected chi connectivity index (χ2v) is 17.8. The molecule has 1 saturated carbocycles. The number of methoxy groups -OCH3 is 1. The Kier molecular flexibility index (Phi) is 12.5. The molecule has 2 atom stereocenters. The molecule has 1 unspecified atom stereocenters. The normalized spacial score (nSPS) is 20.9. The average molecular weight is 924 g/mol. The summed E-state index contributed by atoms with van der Waals surface area (Å²) in [5, 5.41) is 24.4. The number of carbonyl (C=O) groups is 3. The van der Waals surface area contributed by atoms with E-state index in [4.69, 9.17) is 19.8 Å². The number of piperazine rings is 2. The van der Waals surface area contributed by atoms with Crippen molar-refractivity contribution in [3.63, 3.8) is 0 Å². The lowest BCUT2D eigenvalue weighted by atomic mass is 9.90. The largest absolute Gasteiger partial charge is 0.373 e. The van der Waals surface area contributed by atoms with Crippen LogP contribution in [-0.4, -0.2) is 128 Å². The highest BCUT2D eigenvalue weighted by molar-refractivity contribution is 6.01. The Hall–Kier alpha value is -7.30. The Labute approximate surface area is 391 Å². The molecule has 0 spiro atoms. The fraction of sp³-hybridized carbons (Fsp3) is 0.388. The summed E-state index contributed by atoms with van der Waals surface area (Å²) in [5.41, 5.74) is 4.69. The molecule has 0 radical (unpaired) electrons. The van der Waals surface area contributed by atoms with Crippen molar-refractivity contribution in [3.05, 3.63) is 108 Å². The first-order chi connectivity index (χ1) is 33.1. The zero-order valence-electron chi connectivity index (χ0n) is 37.6. The number of hydrogen-bond acceptors (Lipinski definition) is 13. The summed E-state index contributed by atoms with van der Waals surface area (Å²) in [7, 11) is 1.56. The minimum Gasteiger partial charge on any atom is -0.373 e. The molecule has 350 valence electrons. The first-order valence-electron chi connectivity index (χ1n) is 23.1. The minimum absolute atomic E-state index is 0.0587. The number of pyridine rings is 1. The molecular formula is C49H51F2N13O4. The molecule has 4 aliphatic rings. The first-order valence-corrected chi connectivity index (χ1v) is 23.1. The van der Waals surface area contributed by atoms with Gasteiger partial charge >= 0.3 is 0 Å². The Balaban J connectivity index is 0.757. The van der Waals surface area contributed by atoms with Crippen molar-refractivity contribution in [2.45, 2.75) is 62.8 Å². The van der Waals surface area contributed by atoms with Crippen LogP contribution < -0.4 is 20.4 Å². The van der Waals surface area contributed by atoms with E-state index in [1.807, 2.05) is 70.6 Å². The van der Waals surface area contributed by atoms with Gasteiger partial charge in [0.25, 0.3) is 5.91 Å². The molecule has 3 amide bonds. The maximum Gasteiger partial charge on any atom is 0.256 e. The molecule has 17 nitrogen and oxygen atoms in total. The van der Waals surface area contributed by atoms with E-state index in [1.54, 1.807) is 28.9 Å². The van der Waals surface area contributed by atoms with Gasteiger partial charge in [-0.25, -0.2) is 23.3 Å². The topological polar surface area (TPSA) is 182 Å². The quantitative estimate of drug-likeness (QED) is 0.159. The first kappa shape index (κ1) is 44.5. The predicted molar refractivity (Wildman–Crippen MR) is 248 cm³/mol. The SMILES string of the molecule is CO[C@@H](C(=O)N1CCN(c2ccc(-c3nc(-c4cnn(C5CCC(N6CCN(c7c(F)cc(NC8CCC(=O)NC8=O)cc7F)CC6)CC5)c4)cn4ncc(C#N)c34)cn2)CC1)c1ccccc1. The van der Waals surface area contributed by atoms with Gasteiger partial charge in [0.05, 0.1) is 36.0 Å². The Morgan fingerprint density at radius 1 is 0.838 bits per heavy atom. The standard InChI is InChI=1S/C49H51F2N13O4/c1-68-47(31-5-3-2-4-6-31)49(67)62-21-17-60(18-22-62)42-13-7-32(26-53-42)44-45-33(25-52)27-55-64(45)30-41(57-44)34-28-54-63(29-34)37-10-8-36(9-11-37)59-15-19-61(20-16-59)46-38(50)23-35(24-39(46)51)56-40-12-14-43(65)58-48(40)66/h2-7,13,23-24,26-30,36-37,40,47,56H,8-12,14-22H2,1H3,(H,58,65,66)/t36?,37?,40?,47-/m1/s1. The molecule has 2 N–H and O–H groups in total. The summed E-state index contributed by atoms with van der Waals surface area (Å²) in [6, 6.07) is 17.9. The molecule has 68 heavy (non-hydrogen) atoms. The van der Waals surface area contributed by atoms with Gasteiger partial charge < -0.3 is 24.8 Å². The number of benzene rings is 2. The summed E-state index contributed by atoms with van der Waals surface area (Å²) in [6.07, 6.45) is 12.5. The number of piperidine rings is 1. The van der Waals surface area contributed by atoms with Crippen LogP contribution in [0.2, 0.25) is 0 Å². The van der Waals surface area contributed by atoms with Gasteiger partial charge in [0.2, 0.25) is 11.8 Å². The van der Waals surface area contributed by atoms with E-state index >= 15 is 8.78 Å². The van der Waals surface area contributed by atoms with Crippen molar-refractivity contribution in [2.24, 2.45) is 0 Å². The molecule has 6 aromatic rings. The van der Waals surface area contributed by atoms with Crippen LogP contribution in [0.3, 0.4) is 0 Å². The van der Waals surface area contributed by atoms with Gasteiger partial charge in [-0.05, 0) is 61.9 Å². The fourth-order valence-corrected chi connectivity index (χ4v) is 10.1. The van der Waals surface area contributed by atoms with Gasteiger partial charge in [-0.3, -0.25) is 29.3 Å². The number of ether oxygens (including phenoxy) is 1. The highest BCUT2D eigenvalue weighted by Gasteiger charge is 2.33. The smallest absolute Gasteiger partial charge is 0.256 e. The zero-order valence-corrected chi connectivity index (χ0v) is 37.6. The Morgan fingerprint density at radius 3 is 2.24 bits per heavy atom.